The second kappa shape index (κ2) is 7.96. The molecule has 0 spiro atoms. The van der Waals surface area contributed by atoms with Crippen molar-refractivity contribution in [3.63, 3.8) is 0 Å². The third-order valence-corrected chi connectivity index (χ3v) is 5.26. The number of nitrogens with zero attached hydrogens (tertiary/aromatic N) is 2. The van der Waals surface area contributed by atoms with Crippen molar-refractivity contribution in [2.24, 2.45) is 0 Å². The van der Waals surface area contributed by atoms with Gasteiger partial charge in [-0.1, -0.05) is 30.3 Å². The van der Waals surface area contributed by atoms with Crippen LogP contribution < -0.4 is 15.0 Å². The fraction of sp³-hybridized carbons (Fsp3) is 0.381. The topological polar surface area (TPSA) is 27.7 Å². The largest absolute Gasteiger partial charge is 0.485 e. The van der Waals surface area contributed by atoms with Crippen LogP contribution in [0.15, 0.2) is 42.5 Å². The lowest BCUT2D eigenvalue weighted by Crippen LogP contribution is -2.47. The van der Waals surface area contributed by atoms with E-state index in [2.05, 4.69) is 66.2 Å². The Morgan fingerprint density at radius 3 is 2.58 bits per heavy atom. The number of hydrogen-bond donors (Lipinski definition) is 1. The predicted octanol–water partition coefficient (Wildman–Crippen LogP) is 4.22. The van der Waals surface area contributed by atoms with Crippen LogP contribution in [0.25, 0.3) is 0 Å². The minimum absolute atomic E-state index is 0.0765. The van der Waals surface area contributed by atoms with Crippen molar-refractivity contribution in [2.75, 3.05) is 36.9 Å². The summed E-state index contributed by atoms with van der Waals surface area (Å²) >= 11 is 5.63. The molecule has 0 aromatic heterocycles. The smallest absolute Gasteiger partial charge is 0.173 e. The van der Waals surface area contributed by atoms with E-state index in [1.807, 2.05) is 19.2 Å². The predicted molar refractivity (Wildman–Crippen MR) is 114 cm³/mol. The van der Waals surface area contributed by atoms with Crippen LogP contribution in [0.1, 0.15) is 18.1 Å². The zero-order chi connectivity index (χ0) is 18.7. The molecule has 0 saturated heterocycles. The normalized spacial score (nSPS) is 15.8. The second-order valence-corrected chi connectivity index (χ2v) is 7.21. The van der Waals surface area contributed by atoms with E-state index in [0.717, 1.165) is 31.1 Å². The summed E-state index contributed by atoms with van der Waals surface area (Å²) in [6.45, 7) is 8.93. The first-order valence-corrected chi connectivity index (χ1v) is 9.49. The Balaban J connectivity index is 1.66. The summed E-state index contributed by atoms with van der Waals surface area (Å²) in [5.74, 6) is 0.952. The van der Waals surface area contributed by atoms with Gasteiger partial charge in [0.2, 0.25) is 0 Å². The summed E-state index contributed by atoms with van der Waals surface area (Å²) in [6.07, 6.45) is 0.0765. The summed E-state index contributed by atoms with van der Waals surface area (Å²) in [5.41, 5.74) is 4.65. The third-order valence-electron chi connectivity index (χ3n) is 4.84. The Hall–Kier alpha value is -2.27. The molecule has 1 heterocycles. The standard InChI is InChI=1S/C21H27N3OS/c1-5-24-14-17(25-19-12-7-6-11-18(19)24)13-23(4)21(26)22-20-15(2)9-8-10-16(20)3/h6-12,17H,5,13-14H2,1-4H3,(H,22,26). The number of para-hydroxylation sites is 3. The van der Waals surface area contributed by atoms with Gasteiger partial charge in [-0.3, -0.25) is 0 Å². The van der Waals surface area contributed by atoms with Crippen LogP contribution in [0, 0.1) is 13.8 Å². The van der Waals surface area contributed by atoms with E-state index in [1.165, 1.54) is 16.8 Å². The minimum atomic E-state index is 0.0765. The molecule has 0 aliphatic carbocycles. The van der Waals surface area contributed by atoms with Crippen molar-refractivity contribution in [1.29, 1.82) is 0 Å². The number of anilines is 2. The molecule has 26 heavy (non-hydrogen) atoms. The van der Waals surface area contributed by atoms with Gasteiger partial charge in [0.15, 0.2) is 5.11 Å². The van der Waals surface area contributed by atoms with Crippen LogP contribution >= 0.6 is 12.2 Å². The Kier molecular flexibility index (Phi) is 5.67. The van der Waals surface area contributed by atoms with Crippen molar-refractivity contribution in [1.82, 2.24) is 4.90 Å². The van der Waals surface area contributed by atoms with E-state index in [-0.39, 0.29) is 6.10 Å². The Morgan fingerprint density at radius 2 is 1.88 bits per heavy atom. The van der Waals surface area contributed by atoms with Gasteiger partial charge in [-0.05, 0) is 56.2 Å². The maximum Gasteiger partial charge on any atom is 0.173 e. The number of rotatable bonds is 4. The summed E-state index contributed by atoms with van der Waals surface area (Å²) in [6, 6.07) is 14.5. The highest BCUT2D eigenvalue weighted by Crippen LogP contribution is 2.32. The molecule has 1 aliphatic rings. The average Bonchev–Trinajstić information content (AvgIpc) is 2.64. The molecular weight excluding hydrogens is 342 g/mol. The maximum atomic E-state index is 6.21. The summed E-state index contributed by atoms with van der Waals surface area (Å²) < 4.78 is 6.21. The van der Waals surface area contributed by atoms with Crippen LogP contribution in [0.3, 0.4) is 0 Å². The zero-order valence-corrected chi connectivity index (χ0v) is 16.8. The van der Waals surface area contributed by atoms with E-state index in [4.69, 9.17) is 17.0 Å². The maximum absolute atomic E-state index is 6.21. The summed E-state index contributed by atoms with van der Waals surface area (Å²) in [4.78, 5) is 4.42. The van der Waals surface area contributed by atoms with Crippen LogP contribution in [0.2, 0.25) is 0 Å². The van der Waals surface area contributed by atoms with Gasteiger partial charge in [0.05, 0.1) is 18.8 Å². The molecule has 1 unspecified atom stereocenters. The highest BCUT2D eigenvalue weighted by Gasteiger charge is 2.26. The van der Waals surface area contributed by atoms with Crippen LogP contribution in [0.4, 0.5) is 11.4 Å². The molecule has 138 valence electrons. The van der Waals surface area contributed by atoms with Crippen LogP contribution in [-0.2, 0) is 0 Å². The van der Waals surface area contributed by atoms with Crippen molar-refractivity contribution < 1.29 is 4.74 Å². The first-order valence-electron chi connectivity index (χ1n) is 9.08. The van der Waals surface area contributed by atoms with Crippen LogP contribution in [-0.4, -0.2) is 42.8 Å². The summed E-state index contributed by atoms with van der Waals surface area (Å²) in [5, 5.41) is 4.12. The average molecular weight is 370 g/mol. The van der Waals surface area contributed by atoms with Gasteiger partial charge in [0.25, 0.3) is 0 Å². The van der Waals surface area contributed by atoms with E-state index < -0.39 is 0 Å². The van der Waals surface area contributed by atoms with Gasteiger partial charge in [-0.15, -0.1) is 0 Å². The highest BCUT2D eigenvalue weighted by molar-refractivity contribution is 7.80. The number of aryl methyl sites for hydroxylation is 2. The molecule has 1 N–H and O–H groups in total. The molecule has 3 rings (SSSR count). The molecule has 1 atom stereocenters. The Morgan fingerprint density at radius 1 is 1.19 bits per heavy atom. The zero-order valence-electron chi connectivity index (χ0n) is 16.0. The molecule has 0 bridgehead atoms. The number of benzene rings is 2. The molecule has 2 aromatic carbocycles. The fourth-order valence-electron chi connectivity index (χ4n) is 3.38. The molecule has 4 nitrogen and oxygen atoms in total. The summed E-state index contributed by atoms with van der Waals surface area (Å²) in [7, 11) is 2.02. The van der Waals surface area contributed by atoms with E-state index >= 15 is 0 Å². The molecule has 0 saturated carbocycles. The van der Waals surface area contributed by atoms with Crippen molar-refractivity contribution >= 4 is 28.7 Å². The molecule has 0 amide bonds. The molecule has 0 radical (unpaired) electrons. The van der Waals surface area contributed by atoms with E-state index in [1.54, 1.807) is 0 Å². The van der Waals surface area contributed by atoms with E-state index in [0.29, 0.717) is 5.11 Å². The first kappa shape index (κ1) is 18.5. The van der Waals surface area contributed by atoms with Gasteiger partial charge in [0.1, 0.15) is 11.9 Å². The van der Waals surface area contributed by atoms with Crippen molar-refractivity contribution in [3.05, 3.63) is 53.6 Å². The van der Waals surface area contributed by atoms with Gasteiger partial charge >= 0.3 is 0 Å². The third kappa shape index (κ3) is 3.93. The van der Waals surface area contributed by atoms with Gasteiger partial charge in [0, 0.05) is 19.3 Å². The fourth-order valence-corrected chi connectivity index (χ4v) is 3.55. The number of thiocarbonyl (C=S) groups is 1. The van der Waals surface area contributed by atoms with Gasteiger partial charge < -0.3 is 19.9 Å². The Bertz CT molecular complexity index is 772. The first-order chi connectivity index (χ1) is 12.5. The number of likely N-dealkylation sites (N-methyl/N-ethyl adjacent to an activating group) is 2. The number of nitrogens with one attached hydrogen (secondary N) is 1. The monoisotopic (exact) mass is 369 g/mol. The van der Waals surface area contributed by atoms with Crippen molar-refractivity contribution in [3.8, 4) is 5.75 Å². The molecule has 2 aromatic rings. The number of hydrogen-bond acceptors (Lipinski definition) is 3. The lowest BCUT2D eigenvalue weighted by atomic mass is 10.1. The second-order valence-electron chi connectivity index (χ2n) is 6.82. The van der Waals surface area contributed by atoms with Gasteiger partial charge in [-0.2, -0.15) is 0 Å². The van der Waals surface area contributed by atoms with Crippen LogP contribution in [0.5, 0.6) is 5.75 Å². The van der Waals surface area contributed by atoms with Crippen molar-refractivity contribution in [2.45, 2.75) is 26.9 Å². The molecule has 5 heteroatoms. The molecule has 0 fully saturated rings. The molecule has 1 aliphatic heterocycles. The molecular formula is C21H27N3OS. The van der Waals surface area contributed by atoms with Gasteiger partial charge in [-0.25, -0.2) is 0 Å². The highest BCUT2D eigenvalue weighted by atomic mass is 32.1. The SMILES string of the molecule is CCN1CC(CN(C)C(=S)Nc2c(C)cccc2C)Oc2ccccc21. The number of fused-ring (bicyclic) bond motifs is 1. The van der Waals surface area contributed by atoms with E-state index in [9.17, 15) is 0 Å². The number of ether oxygens (including phenoxy) is 1. The Labute approximate surface area is 161 Å². The lowest BCUT2D eigenvalue weighted by Gasteiger charge is -2.37. The lowest BCUT2D eigenvalue weighted by molar-refractivity contribution is 0.169. The minimum Gasteiger partial charge on any atom is -0.485 e. The quantitative estimate of drug-likeness (QED) is 0.815.